The van der Waals surface area contributed by atoms with Gasteiger partial charge in [-0.2, -0.15) is 0 Å². The lowest BCUT2D eigenvalue weighted by Crippen LogP contribution is -2.19. The van der Waals surface area contributed by atoms with E-state index in [9.17, 15) is 10.2 Å². The number of phenolic OH excluding ortho intramolecular Hbond substituents is 2. The van der Waals surface area contributed by atoms with Crippen LogP contribution in [0.3, 0.4) is 0 Å². The van der Waals surface area contributed by atoms with Crippen LogP contribution in [-0.2, 0) is 0 Å². The summed E-state index contributed by atoms with van der Waals surface area (Å²) in [7, 11) is 0. The average Bonchev–Trinajstić information content (AvgIpc) is 3.60. The minimum absolute atomic E-state index is 0. The molecule has 4 bridgehead atoms. The first-order valence-corrected chi connectivity index (χ1v) is 14.0. The molecule has 8 unspecified atom stereocenters. The summed E-state index contributed by atoms with van der Waals surface area (Å²) in [6.45, 7) is 4.06. The minimum Gasteiger partial charge on any atom is -0.508 e. The predicted molar refractivity (Wildman–Crippen MR) is 145 cm³/mol. The summed E-state index contributed by atoms with van der Waals surface area (Å²) in [5.74, 6) is 7.87. The molecule has 0 spiro atoms. The fourth-order valence-electron chi connectivity index (χ4n) is 9.00. The highest BCUT2D eigenvalue weighted by Crippen LogP contribution is 2.59. The zero-order valence-electron chi connectivity index (χ0n) is 21.0. The molecular formula is C33H46O2. The molecule has 6 rings (SSSR count). The number of hydrogen-bond acceptors (Lipinski definition) is 2. The Hall–Kier alpha value is -1.96. The molecule has 4 saturated carbocycles. The van der Waals surface area contributed by atoms with Crippen LogP contribution >= 0.6 is 0 Å². The van der Waals surface area contributed by atoms with Gasteiger partial charge in [0.1, 0.15) is 11.5 Å². The second kappa shape index (κ2) is 9.83. The maximum Gasteiger partial charge on any atom is 0.118 e. The molecule has 8 atom stereocenters. The number of hydrogen-bond donors (Lipinski definition) is 2. The maximum absolute atomic E-state index is 9.93. The van der Waals surface area contributed by atoms with E-state index in [1.54, 1.807) is 0 Å². The average molecular weight is 475 g/mol. The quantitative estimate of drug-likeness (QED) is 0.393. The number of aromatic hydroxyl groups is 2. The minimum atomic E-state index is 0. The molecule has 0 radical (unpaired) electrons. The van der Waals surface area contributed by atoms with Gasteiger partial charge < -0.3 is 10.2 Å². The molecule has 2 nitrogen and oxygen atoms in total. The van der Waals surface area contributed by atoms with Crippen LogP contribution in [0, 0.1) is 49.4 Å². The first-order chi connectivity index (χ1) is 16.5. The van der Waals surface area contributed by atoms with Crippen molar-refractivity contribution >= 4 is 0 Å². The smallest absolute Gasteiger partial charge is 0.118 e. The molecule has 2 N–H and O–H groups in total. The number of unbranched alkanes of at least 4 members (excludes halogenated alkanes) is 1. The molecule has 2 heteroatoms. The fourth-order valence-corrected chi connectivity index (χ4v) is 9.00. The first kappa shape index (κ1) is 24.7. The second-order valence-electron chi connectivity index (χ2n) is 12.6. The largest absolute Gasteiger partial charge is 0.508 e. The molecule has 190 valence electrons. The van der Waals surface area contributed by atoms with Gasteiger partial charge in [-0.25, -0.2) is 0 Å². The van der Waals surface area contributed by atoms with Crippen molar-refractivity contribution in [3.05, 3.63) is 58.7 Å². The van der Waals surface area contributed by atoms with E-state index < -0.39 is 0 Å². The third-order valence-corrected chi connectivity index (χ3v) is 10.7. The van der Waals surface area contributed by atoms with Crippen molar-refractivity contribution in [1.82, 2.24) is 0 Å². The Morgan fingerprint density at radius 3 is 1.86 bits per heavy atom. The van der Waals surface area contributed by atoms with Gasteiger partial charge in [0.25, 0.3) is 0 Å². The number of benzene rings is 2. The van der Waals surface area contributed by atoms with Crippen LogP contribution in [-0.4, -0.2) is 10.2 Å². The van der Waals surface area contributed by atoms with Crippen LogP contribution in [0.25, 0.3) is 0 Å². The highest BCUT2D eigenvalue weighted by molar-refractivity contribution is 5.38. The molecule has 0 amide bonds. The number of rotatable bonds is 7. The van der Waals surface area contributed by atoms with Gasteiger partial charge in [0.05, 0.1) is 0 Å². The van der Waals surface area contributed by atoms with Gasteiger partial charge in [-0.1, -0.05) is 57.4 Å². The molecule has 35 heavy (non-hydrogen) atoms. The zero-order chi connectivity index (χ0) is 23.4. The van der Waals surface area contributed by atoms with E-state index in [4.69, 9.17) is 0 Å². The molecule has 0 aliphatic heterocycles. The van der Waals surface area contributed by atoms with Gasteiger partial charge >= 0.3 is 0 Å². The van der Waals surface area contributed by atoms with Crippen molar-refractivity contribution in [2.45, 2.75) is 97.3 Å². The van der Waals surface area contributed by atoms with E-state index in [0.29, 0.717) is 11.5 Å². The maximum atomic E-state index is 9.93. The lowest BCUT2D eigenvalue weighted by atomic mass is 9.74. The molecule has 0 saturated heterocycles. The zero-order valence-corrected chi connectivity index (χ0v) is 21.0. The van der Waals surface area contributed by atoms with Gasteiger partial charge in [0.15, 0.2) is 0 Å². The van der Waals surface area contributed by atoms with Gasteiger partial charge in [-0.05, 0) is 134 Å². The Kier molecular flexibility index (Phi) is 6.94. The SMILES string of the molecule is C.Cc1cc(C2CC3CC2CC3CCCCC2CC3CC(c4ccc(O)c(C)c4)C2C3)ccc1O. The Morgan fingerprint density at radius 2 is 1.29 bits per heavy atom. The van der Waals surface area contributed by atoms with Crippen LogP contribution in [0.5, 0.6) is 11.5 Å². The topological polar surface area (TPSA) is 40.5 Å². The summed E-state index contributed by atoms with van der Waals surface area (Å²) in [6, 6.07) is 12.7. The standard InChI is InChI=1S/C32H42O2.CH4/c1-19-11-24(7-9-31(19)33)28-18-26-17-27(28)16-22(26)5-3-4-6-23-13-21-14-29(23)30(15-21)25-8-10-32(34)20(2)12-25;/h7-12,21-23,26-30,33-34H,3-6,13-18H2,1-2H3;1H4. The first-order valence-electron chi connectivity index (χ1n) is 14.0. The summed E-state index contributed by atoms with van der Waals surface area (Å²) in [4.78, 5) is 0. The number of fused-ring (bicyclic) bond motifs is 4. The number of aryl methyl sites for hydroxylation is 2. The van der Waals surface area contributed by atoms with Crippen molar-refractivity contribution in [2.24, 2.45) is 35.5 Å². The van der Waals surface area contributed by atoms with Crippen LogP contribution in [0.15, 0.2) is 36.4 Å². The summed E-state index contributed by atoms with van der Waals surface area (Å²) >= 11 is 0. The van der Waals surface area contributed by atoms with Gasteiger partial charge in [-0.15, -0.1) is 0 Å². The van der Waals surface area contributed by atoms with Gasteiger partial charge in [0.2, 0.25) is 0 Å². The van der Waals surface area contributed by atoms with Crippen molar-refractivity contribution in [1.29, 1.82) is 0 Å². The lowest BCUT2D eigenvalue weighted by Gasteiger charge is -2.31. The summed E-state index contributed by atoms with van der Waals surface area (Å²) in [5.41, 5.74) is 5.01. The Balaban J connectivity index is 0.00000253. The fraction of sp³-hybridized carbons (Fsp3) is 0.636. The highest BCUT2D eigenvalue weighted by atomic mass is 16.3. The molecule has 4 aliphatic rings. The normalized spacial score (nSPS) is 34.9. The van der Waals surface area contributed by atoms with Crippen molar-refractivity contribution in [3.8, 4) is 11.5 Å². The second-order valence-corrected chi connectivity index (χ2v) is 12.6. The van der Waals surface area contributed by atoms with Crippen LogP contribution in [0.1, 0.15) is 106 Å². The third kappa shape index (κ3) is 4.63. The van der Waals surface area contributed by atoms with Crippen LogP contribution in [0.4, 0.5) is 0 Å². The summed E-state index contributed by atoms with van der Waals surface area (Å²) in [5, 5.41) is 19.8. The Morgan fingerprint density at radius 1 is 0.657 bits per heavy atom. The van der Waals surface area contributed by atoms with E-state index in [1.807, 2.05) is 26.0 Å². The molecule has 4 aliphatic carbocycles. The molecule has 0 heterocycles. The van der Waals surface area contributed by atoms with E-state index in [0.717, 1.165) is 58.5 Å². The molecule has 4 fully saturated rings. The Bertz CT molecular complexity index is 1040. The molecular weight excluding hydrogens is 428 g/mol. The number of phenols is 2. The summed E-state index contributed by atoms with van der Waals surface area (Å²) in [6.07, 6.45) is 14.3. The third-order valence-electron chi connectivity index (χ3n) is 10.7. The van der Waals surface area contributed by atoms with Crippen molar-refractivity contribution < 1.29 is 10.2 Å². The molecule has 2 aromatic rings. The highest BCUT2D eigenvalue weighted by Gasteiger charge is 2.47. The predicted octanol–water partition coefficient (Wildman–Crippen LogP) is 8.87. The van der Waals surface area contributed by atoms with Crippen LogP contribution < -0.4 is 0 Å². The van der Waals surface area contributed by atoms with E-state index in [-0.39, 0.29) is 7.43 Å². The van der Waals surface area contributed by atoms with Gasteiger partial charge in [0, 0.05) is 0 Å². The van der Waals surface area contributed by atoms with Crippen LogP contribution in [0.2, 0.25) is 0 Å². The van der Waals surface area contributed by atoms with Gasteiger partial charge in [-0.3, -0.25) is 0 Å². The molecule has 2 aromatic carbocycles. The van der Waals surface area contributed by atoms with E-state index in [2.05, 4.69) is 24.3 Å². The van der Waals surface area contributed by atoms with Crippen molar-refractivity contribution in [3.63, 3.8) is 0 Å². The Labute approximate surface area is 213 Å². The van der Waals surface area contributed by atoms with E-state index >= 15 is 0 Å². The van der Waals surface area contributed by atoms with Crippen molar-refractivity contribution in [2.75, 3.05) is 0 Å². The van der Waals surface area contributed by atoms with E-state index in [1.165, 1.54) is 75.3 Å². The monoisotopic (exact) mass is 474 g/mol. The lowest BCUT2D eigenvalue weighted by molar-refractivity contribution is 0.255. The summed E-state index contributed by atoms with van der Waals surface area (Å²) < 4.78 is 0. The molecule has 0 aromatic heterocycles.